The van der Waals surface area contributed by atoms with E-state index in [0.29, 0.717) is 18.7 Å². The summed E-state index contributed by atoms with van der Waals surface area (Å²) in [6.45, 7) is 3.74. The number of rotatable bonds is 3. The molecule has 1 aliphatic heterocycles. The number of nitrogens with zero attached hydrogens (tertiary/aromatic N) is 2. The summed E-state index contributed by atoms with van der Waals surface area (Å²) in [4.78, 5) is 13.3. The van der Waals surface area contributed by atoms with E-state index in [1.165, 1.54) is 19.1 Å². The number of aryl methyl sites for hydroxylation is 1. The number of anilines is 2. The van der Waals surface area contributed by atoms with Gasteiger partial charge in [0.25, 0.3) is 10.0 Å². The van der Waals surface area contributed by atoms with Crippen molar-refractivity contribution >= 4 is 27.4 Å². The molecule has 0 fully saturated rings. The molecule has 1 aromatic heterocycles. The van der Waals surface area contributed by atoms with Crippen molar-refractivity contribution in [1.82, 2.24) is 5.16 Å². The van der Waals surface area contributed by atoms with Crippen molar-refractivity contribution in [1.29, 1.82) is 0 Å². The van der Waals surface area contributed by atoms with E-state index in [-0.39, 0.29) is 16.6 Å². The number of amides is 1. The number of carbonyl (C=O) groups excluding carboxylic acids is 1. The molecule has 0 saturated heterocycles. The normalized spacial score (nSPS) is 14.0. The third-order valence-electron chi connectivity index (χ3n) is 3.50. The molecule has 8 heteroatoms. The van der Waals surface area contributed by atoms with Crippen LogP contribution >= 0.6 is 0 Å². The Kier molecular flexibility index (Phi) is 3.40. The van der Waals surface area contributed by atoms with E-state index in [1.54, 1.807) is 24.0 Å². The molecule has 0 aliphatic carbocycles. The number of hydrogen-bond acceptors (Lipinski definition) is 5. The van der Waals surface area contributed by atoms with Crippen LogP contribution in [0.15, 0.2) is 33.7 Å². The predicted octanol–water partition coefficient (Wildman–Crippen LogP) is 1.69. The fourth-order valence-corrected chi connectivity index (χ4v) is 3.52. The van der Waals surface area contributed by atoms with Crippen LogP contribution in [0.4, 0.5) is 11.5 Å². The first-order valence-electron chi connectivity index (χ1n) is 6.74. The highest BCUT2D eigenvalue weighted by molar-refractivity contribution is 7.92. The predicted molar refractivity (Wildman–Crippen MR) is 80.2 cm³/mol. The molecule has 3 rings (SSSR count). The molecule has 0 saturated carbocycles. The largest absolute Gasteiger partial charge is 0.360 e. The lowest BCUT2D eigenvalue weighted by atomic mass is 10.2. The second-order valence-electron chi connectivity index (χ2n) is 5.14. The van der Waals surface area contributed by atoms with Gasteiger partial charge in [-0.1, -0.05) is 5.16 Å². The highest BCUT2D eigenvalue weighted by Gasteiger charge is 2.25. The summed E-state index contributed by atoms with van der Waals surface area (Å²) >= 11 is 0. The topological polar surface area (TPSA) is 92.5 Å². The molecule has 0 atom stereocenters. The Bertz CT molecular complexity index is 842. The first-order chi connectivity index (χ1) is 10.4. The van der Waals surface area contributed by atoms with Crippen LogP contribution < -0.4 is 9.62 Å². The van der Waals surface area contributed by atoms with Crippen LogP contribution in [0, 0.1) is 6.92 Å². The van der Waals surface area contributed by atoms with E-state index >= 15 is 0 Å². The summed E-state index contributed by atoms with van der Waals surface area (Å²) in [6.07, 6.45) is 0.640. The fraction of sp³-hybridized carbons (Fsp3) is 0.286. The van der Waals surface area contributed by atoms with E-state index in [4.69, 9.17) is 4.52 Å². The number of benzene rings is 1. The fourth-order valence-electron chi connectivity index (χ4n) is 2.48. The van der Waals surface area contributed by atoms with Gasteiger partial charge < -0.3 is 9.42 Å². The molecule has 2 aromatic rings. The summed E-state index contributed by atoms with van der Waals surface area (Å²) in [7, 11) is -3.74. The van der Waals surface area contributed by atoms with Gasteiger partial charge in [-0.3, -0.25) is 9.52 Å². The number of carbonyl (C=O) groups is 1. The zero-order chi connectivity index (χ0) is 15.9. The highest BCUT2D eigenvalue weighted by atomic mass is 32.2. The van der Waals surface area contributed by atoms with Crippen molar-refractivity contribution < 1.29 is 17.7 Å². The van der Waals surface area contributed by atoms with Crippen molar-refractivity contribution in [2.24, 2.45) is 0 Å². The second-order valence-corrected chi connectivity index (χ2v) is 6.82. The molecule has 1 aliphatic rings. The van der Waals surface area contributed by atoms with E-state index in [9.17, 15) is 13.2 Å². The molecule has 116 valence electrons. The third-order valence-corrected chi connectivity index (χ3v) is 4.86. The molecule has 7 nitrogen and oxygen atoms in total. The van der Waals surface area contributed by atoms with Gasteiger partial charge >= 0.3 is 0 Å². The average Bonchev–Trinajstić information content (AvgIpc) is 3.03. The van der Waals surface area contributed by atoms with Crippen LogP contribution in [0.5, 0.6) is 0 Å². The molecule has 1 N–H and O–H groups in total. The van der Waals surface area contributed by atoms with Crippen LogP contribution in [0.3, 0.4) is 0 Å². The maximum absolute atomic E-state index is 12.4. The lowest BCUT2D eigenvalue weighted by Gasteiger charge is -2.14. The Hall–Kier alpha value is -2.35. The first kappa shape index (κ1) is 14.6. The van der Waals surface area contributed by atoms with Crippen LogP contribution in [-0.2, 0) is 21.2 Å². The second kappa shape index (κ2) is 5.13. The number of fused-ring (bicyclic) bond motifs is 1. The van der Waals surface area contributed by atoms with Crippen molar-refractivity contribution in [3.05, 3.63) is 35.6 Å². The van der Waals surface area contributed by atoms with Crippen molar-refractivity contribution in [2.75, 3.05) is 16.2 Å². The SMILES string of the molecule is CC(=O)N1CCc2cc(S(=O)(=O)Nc3cc(C)on3)ccc21. The van der Waals surface area contributed by atoms with Crippen LogP contribution in [0.2, 0.25) is 0 Å². The van der Waals surface area contributed by atoms with Gasteiger partial charge in [0.2, 0.25) is 5.91 Å². The summed E-state index contributed by atoms with van der Waals surface area (Å²) in [6, 6.07) is 6.23. The number of sulfonamides is 1. The van der Waals surface area contributed by atoms with Crippen molar-refractivity contribution in [3.63, 3.8) is 0 Å². The van der Waals surface area contributed by atoms with Crippen LogP contribution in [0.1, 0.15) is 18.2 Å². The maximum atomic E-state index is 12.4. The molecule has 22 heavy (non-hydrogen) atoms. The Morgan fingerprint density at radius 1 is 1.36 bits per heavy atom. The summed E-state index contributed by atoms with van der Waals surface area (Å²) in [5.74, 6) is 0.609. The molecule has 1 aromatic carbocycles. The minimum atomic E-state index is -3.74. The number of nitrogens with one attached hydrogen (secondary N) is 1. The van der Waals surface area contributed by atoms with Gasteiger partial charge in [-0.25, -0.2) is 8.42 Å². The smallest absolute Gasteiger partial charge is 0.263 e. The molecule has 0 radical (unpaired) electrons. The summed E-state index contributed by atoms with van der Waals surface area (Å²) in [5.41, 5.74) is 1.61. The van der Waals surface area contributed by atoms with E-state index in [0.717, 1.165) is 11.3 Å². The Labute approximate surface area is 128 Å². The van der Waals surface area contributed by atoms with Crippen LogP contribution in [0.25, 0.3) is 0 Å². The van der Waals surface area contributed by atoms with E-state index in [1.807, 2.05) is 0 Å². The van der Waals surface area contributed by atoms with Crippen molar-refractivity contribution in [2.45, 2.75) is 25.2 Å². The molecule has 0 bridgehead atoms. The zero-order valence-electron chi connectivity index (χ0n) is 12.2. The standard InChI is InChI=1S/C14H15N3O4S/c1-9-7-14(15-21-9)16-22(19,20)12-3-4-13-11(8-12)5-6-17(13)10(2)18/h3-4,7-8H,5-6H2,1-2H3,(H,15,16). The molecule has 0 spiro atoms. The molecule has 1 amide bonds. The van der Waals surface area contributed by atoms with Gasteiger partial charge in [0.1, 0.15) is 5.76 Å². The number of hydrogen-bond donors (Lipinski definition) is 1. The van der Waals surface area contributed by atoms with Gasteiger partial charge in [0.15, 0.2) is 5.82 Å². The van der Waals surface area contributed by atoms with Crippen molar-refractivity contribution in [3.8, 4) is 0 Å². The van der Waals surface area contributed by atoms with E-state index < -0.39 is 10.0 Å². The molecule has 0 unspecified atom stereocenters. The zero-order valence-corrected chi connectivity index (χ0v) is 13.0. The van der Waals surface area contributed by atoms with Crippen LogP contribution in [-0.4, -0.2) is 26.0 Å². The van der Waals surface area contributed by atoms with Gasteiger partial charge in [0.05, 0.1) is 4.90 Å². The minimum Gasteiger partial charge on any atom is -0.360 e. The first-order valence-corrected chi connectivity index (χ1v) is 8.22. The lowest BCUT2D eigenvalue weighted by molar-refractivity contribution is -0.116. The van der Waals surface area contributed by atoms with Gasteiger partial charge in [-0.05, 0) is 37.1 Å². The Morgan fingerprint density at radius 2 is 2.14 bits per heavy atom. The van der Waals surface area contributed by atoms with Gasteiger partial charge in [0, 0.05) is 25.2 Å². The van der Waals surface area contributed by atoms with Gasteiger partial charge in [-0.15, -0.1) is 0 Å². The monoisotopic (exact) mass is 321 g/mol. The summed E-state index contributed by atoms with van der Waals surface area (Å²) in [5, 5.41) is 3.62. The molecular weight excluding hydrogens is 306 g/mol. The molecule has 2 heterocycles. The lowest BCUT2D eigenvalue weighted by Crippen LogP contribution is -2.25. The Morgan fingerprint density at radius 3 is 2.77 bits per heavy atom. The summed E-state index contributed by atoms with van der Waals surface area (Å²) < 4.78 is 31.9. The average molecular weight is 321 g/mol. The molecular formula is C14H15N3O4S. The number of aromatic nitrogens is 1. The highest BCUT2D eigenvalue weighted by Crippen LogP contribution is 2.30. The minimum absolute atomic E-state index is 0.0504. The third kappa shape index (κ3) is 2.57. The van der Waals surface area contributed by atoms with Gasteiger partial charge in [-0.2, -0.15) is 0 Å². The maximum Gasteiger partial charge on any atom is 0.263 e. The quantitative estimate of drug-likeness (QED) is 0.928. The Balaban J connectivity index is 1.91. The van der Waals surface area contributed by atoms with E-state index in [2.05, 4.69) is 9.88 Å².